The van der Waals surface area contributed by atoms with E-state index in [2.05, 4.69) is 39.3 Å². The molecule has 136 valence electrons. The highest BCUT2D eigenvalue weighted by molar-refractivity contribution is 5.91. The number of anilines is 1. The topological polar surface area (TPSA) is 89.1 Å². The number of hydrogen-bond acceptors (Lipinski definition) is 6. The van der Waals surface area contributed by atoms with Gasteiger partial charge in [0.05, 0.1) is 12.5 Å². The molecule has 0 unspecified atom stereocenters. The normalized spacial score (nSPS) is 18.6. The lowest BCUT2D eigenvalue weighted by Crippen LogP contribution is -2.39. The van der Waals surface area contributed by atoms with Crippen LogP contribution in [0.4, 0.5) is 5.82 Å². The smallest absolute Gasteiger partial charge is 0.239 e. The quantitative estimate of drug-likeness (QED) is 0.858. The summed E-state index contributed by atoms with van der Waals surface area (Å²) in [4.78, 5) is 18.9. The second kappa shape index (κ2) is 7.77. The molecule has 2 aromatic rings. The molecule has 1 saturated heterocycles. The molecule has 0 spiro atoms. The fourth-order valence-electron chi connectivity index (χ4n) is 3.15. The van der Waals surface area contributed by atoms with Gasteiger partial charge in [-0.1, -0.05) is 19.0 Å². The van der Waals surface area contributed by atoms with Gasteiger partial charge in [0.1, 0.15) is 0 Å². The van der Waals surface area contributed by atoms with Crippen molar-refractivity contribution in [2.24, 2.45) is 13.0 Å². The number of aromatic nitrogens is 4. The molecule has 2 aromatic heterocycles. The molecule has 1 aliphatic rings. The minimum atomic E-state index is -0.0506. The van der Waals surface area contributed by atoms with Gasteiger partial charge in [-0.2, -0.15) is 10.1 Å². The number of nitrogens with one attached hydrogen (secondary N) is 1. The van der Waals surface area contributed by atoms with Crippen molar-refractivity contribution >= 4 is 11.7 Å². The molecule has 1 amide bonds. The SMILES string of the molecule is CC(C)Cc1noc([C@H]2CCCN(CC(=O)Nc3ccn(C)n3)C2)n1. The summed E-state index contributed by atoms with van der Waals surface area (Å²) in [5.74, 6) is 2.70. The molecule has 1 fully saturated rings. The Labute approximate surface area is 147 Å². The lowest BCUT2D eigenvalue weighted by Gasteiger charge is -2.30. The second-order valence-corrected chi connectivity index (χ2v) is 7.14. The highest BCUT2D eigenvalue weighted by Crippen LogP contribution is 2.25. The summed E-state index contributed by atoms with van der Waals surface area (Å²) in [5, 5.41) is 11.1. The van der Waals surface area contributed by atoms with E-state index in [-0.39, 0.29) is 11.8 Å². The number of piperidine rings is 1. The third-order valence-corrected chi connectivity index (χ3v) is 4.28. The molecule has 8 nitrogen and oxygen atoms in total. The largest absolute Gasteiger partial charge is 0.339 e. The van der Waals surface area contributed by atoms with Crippen LogP contribution in [0.1, 0.15) is 44.3 Å². The van der Waals surface area contributed by atoms with E-state index in [1.165, 1.54) is 0 Å². The summed E-state index contributed by atoms with van der Waals surface area (Å²) in [7, 11) is 1.82. The molecular formula is C17H26N6O2. The number of likely N-dealkylation sites (tertiary alicyclic amines) is 1. The summed E-state index contributed by atoms with van der Waals surface area (Å²) < 4.78 is 7.12. The van der Waals surface area contributed by atoms with Crippen molar-refractivity contribution in [2.45, 2.75) is 39.0 Å². The Balaban J connectivity index is 1.53. The summed E-state index contributed by atoms with van der Waals surface area (Å²) in [6, 6.07) is 1.78. The monoisotopic (exact) mass is 346 g/mol. The van der Waals surface area contributed by atoms with E-state index < -0.39 is 0 Å². The number of hydrogen-bond donors (Lipinski definition) is 1. The third-order valence-electron chi connectivity index (χ3n) is 4.28. The summed E-state index contributed by atoms with van der Waals surface area (Å²) in [5.41, 5.74) is 0. The molecule has 25 heavy (non-hydrogen) atoms. The van der Waals surface area contributed by atoms with Crippen molar-refractivity contribution in [3.05, 3.63) is 24.0 Å². The fourth-order valence-corrected chi connectivity index (χ4v) is 3.15. The standard InChI is InChI=1S/C17H26N6O2/c1-12(2)9-15-19-17(25-21-15)13-5-4-7-23(10-13)11-16(24)18-14-6-8-22(3)20-14/h6,8,12-13H,4-5,7,9-11H2,1-3H3,(H,18,20,24)/t13-/m0/s1. The van der Waals surface area contributed by atoms with Crippen LogP contribution in [-0.4, -0.2) is 50.4 Å². The van der Waals surface area contributed by atoms with Crippen LogP contribution in [0, 0.1) is 5.92 Å². The number of carbonyl (C=O) groups is 1. The van der Waals surface area contributed by atoms with Crippen LogP contribution in [0.3, 0.4) is 0 Å². The summed E-state index contributed by atoms with van der Waals surface area (Å²) in [6.45, 7) is 6.29. The maximum absolute atomic E-state index is 12.2. The van der Waals surface area contributed by atoms with E-state index in [9.17, 15) is 4.79 Å². The Bertz CT molecular complexity index is 708. The van der Waals surface area contributed by atoms with Gasteiger partial charge in [-0.05, 0) is 25.3 Å². The Morgan fingerprint density at radius 3 is 3.04 bits per heavy atom. The van der Waals surface area contributed by atoms with Crippen LogP contribution >= 0.6 is 0 Å². The molecule has 0 radical (unpaired) electrons. The third kappa shape index (κ3) is 4.88. The zero-order valence-corrected chi connectivity index (χ0v) is 15.1. The van der Waals surface area contributed by atoms with Crippen molar-refractivity contribution in [3.8, 4) is 0 Å². The van der Waals surface area contributed by atoms with E-state index in [1.54, 1.807) is 16.9 Å². The molecule has 0 bridgehead atoms. The van der Waals surface area contributed by atoms with Crippen LogP contribution in [0.2, 0.25) is 0 Å². The number of carbonyl (C=O) groups excluding carboxylic acids is 1. The molecule has 0 aromatic carbocycles. The Morgan fingerprint density at radius 1 is 1.48 bits per heavy atom. The van der Waals surface area contributed by atoms with Gasteiger partial charge in [0, 0.05) is 32.3 Å². The Kier molecular flexibility index (Phi) is 5.47. The zero-order chi connectivity index (χ0) is 17.8. The maximum Gasteiger partial charge on any atom is 0.239 e. The van der Waals surface area contributed by atoms with E-state index >= 15 is 0 Å². The molecule has 1 atom stereocenters. The van der Waals surface area contributed by atoms with Crippen LogP contribution in [-0.2, 0) is 18.3 Å². The summed E-state index contributed by atoms with van der Waals surface area (Å²) >= 11 is 0. The van der Waals surface area contributed by atoms with E-state index in [0.717, 1.165) is 38.2 Å². The molecule has 0 saturated carbocycles. The molecule has 8 heteroatoms. The lowest BCUT2D eigenvalue weighted by molar-refractivity contribution is -0.117. The van der Waals surface area contributed by atoms with E-state index in [1.807, 2.05) is 7.05 Å². The van der Waals surface area contributed by atoms with Crippen molar-refractivity contribution < 1.29 is 9.32 Å². The molecule has 1 N–H and O–H groups in total. The van der Waals surface area contributed by atoms with Crippen LogP contribution in [0.25, 0.3) is 0 Å². The van der Waals surface area contributed by atoms with Crippen molar-refractivity contribution in [1.29, 1.82) is 0 Å². The van der Waals surface area contributed by atoms with E-state index in [0.29, 0.717) is 24.2 Å². The fraction of sp³-hybridized carbons (Fsp3) is 0.647. The van der Waals surface area contributed by atoms with Gasteiger partial charge in [0.15, 0.2) is 11.6 Å². The predicted octanol–water partition coefficient (Wildman–Crippen LogP) is 1.82. The van der Waals surface area contributed by atoms with Gasteiger partial charge in [-0.3, -0.25) is 14.4 Å². The van der Waals surface area contributed by atoms with Gasteiger partial charge >= 0.3 is 0 Å². The highest BCUT2D eigenvalue weighted by Gasteiger charge is 2.27. The minimum absolute atomic E-state index is 0.0506. The van der Waals surface area contributed by atoms with Crippen LogP contribution in [0.5, 0.6) is 0 Å². The Hall–Kier alpha value is -2.22. The first-order valence-electron chi connectivity index (χ1n) is 8.84. The predicted molar refractivity (Wildman–Crippen MR) is 93.1 cm³/mol. The van der Waals surface area contributed by atoms with Gasteiger partial charge in [-0.25, -0.2) is 0 Å². The van der Waals surface area contributed by atoms with E-state index in [4.69, 9.17) is 4.52 Å². The number of nitrogens with zero attached hydrogens (tertiary/aromatic N) is 5. The van der Waals surface area contributed by atoms with Gasteiger partial charge < -0.3 is 9.84 Å². The van der Waals surface area contributed by atoms with Gasteiger partial charge in [-0.15, -0.1) is 0 Å². The molecule has 3 heterocycles. The molecule has 1 aliphatic heterocycles. The number of aryl methyl sites for hydroxylation is 1. The Morgan fingerprint density at radius 2 is 2.32 bits per heavy atom. The lowest BCUT2D eigenvalue weighted by atomic mass is 9.98. The molecule has 0 aliphatic carbocycles. The average molecular weight is 346 g/mol. The first kappa shape index (κ1) is 17.6. The minimum Gasteiger partial charge on any atom is -0.339 e. The van der Waals surface area contributed by atoms with Crippen molar-refractivity contribution in [1.82, 2.24) is 24.8 Å². The second-order valence-electron chi connectivity index (χ2n) is 7.14. The van der Waals surface area contributed by atoms with Gasteiger partial charge in [0.2, 0.25) is 11.8 Å². The number of rotatable bonds is 6. The first-order chi connectivity index (χ1) is 12.0. The summed E-state index contributed by atoms with van der Waals surface area (Å²) in [6.07, 6.45) is 4.66. The van der Waals surface area contributed by atoms with Crippen molar-refractivity contribution in [3.63, 3.8) is 0 Å². The van der Waals surface area contributed by atoms with Gasteiger partial charge in [0.25, 0.3) is 0 Å². The van der Waals surface area contributed by atoms with Crippen LogP contribution < -0.4 is 5.32 Å². The average Bonchev–Trinajstić information content (AvgIpc) is 3.16. The highest BCUT2D eigenvalue weighted by atomic mass is 16.5. The van der Waals surface area contributed by atoms with Crippen molar-refractivity contribution in [2.75, 3.05) is 25.0 Å². The maximum atomic E-state index is 12.2. The molecule has 3 rings (SSSR count). The zero-order valence-electron chi connectivity index (χ0n) is 15.1. The number of amides is 1. The van der Waals surface area contributed by atoms with Crippen LogP contribution in [0.15, 0.2) is 16.8 Å². The first-order valence-corrected chi connectivity index (χ1v) is 8.84. The molecular weight excluding hydrogens is 320 g/mol.